The minimum atomic E-state index is -0.617. The minimum Gasteiger partial charge on any atom is -0.357 e. The van der Waals surface area contributed by atoms with E-state index in [2.05, 4.69) is 5.32 Å². The molecule has 4 nitrogen and oxygen atoms in total. The Morgan fingerprint density at radius 2 is 1.60 bits per heavy atom. The fourth-order valence-electron chi connectivity index (χ4n) is 5.29. The largest absolute Gasteiger partial charge is 0.357 e. The van der Waals surface area contributed by atoms with E-state index in [0.717, 1.165) is 41.0 Å². The van der Waals surface area contributed by atoms with Crippen LogP contribution in [0.1, 0.15) is 48.8 Å². The molecule has 1 aliphatic heterocycles. The van der Waals surface area contributed by atoms with Crippen LogP contribution in [0.25, 0.3) is 0 Å². The van der Waals surface area contributed by atoms with E-state index in [1.54, 1.807) is 17.0 Å². The van der Waals surface area contributed by atoms with Crippen LogP contribution in [-0.4, -0.2) is 11.7 Å². The molecular formula is C29H24ClFN2O2. The number of carbonyl (C=O) groups is 2. The van der Waals surface area contributed by atoms with E-state index in [9.17, 15) is 14.0 Å². The van der Waals surface area contributed by atoms with Crippen LogP contribution in [-0.2, 0) is 9.59 Å². The van der Waals surface area contributed by atoms with Crippen LogP contribution in [0.15, 0.2) is 84.1 Å². The van der Waals surface area contributed by atoms with Gasteiger partial charge in [-0.05, 0) is 72.7 Å². The Hall–Kier alpha value is -3.44. The molecule has 2 atom stereocenters. The summed E-state index contributed by atoms with van der Waals surface area (Å²) in [7, 11) is 0. The third-order valence-electron chi connectivity index (χ3n) is 7.18. The summed E-state index contributed by atoms with van der Waals surface area (Å²) < 4.78 is 13.9. The van der Waals surface area contributed by atoms with Gasteiger partial charge < -0.3 is 5.32 Å². The summed E-state index contributed by atoms with van der Waals surface area (Å²) in [6.45, 7) is 0. The molecular weight excluding hydrogens is 463 g/mol. The van der Waals surface area contributed by atoms with E-state index < -0.39 is 6.04 Å². The molecule has 0 spiro atoms. The van der Waals surface area contributed by atoms with Crippen LogP contribution >= 0.6 is 11.6 Å². The molecule has 2 aliphatic carbocycles. The number of carbonyl (C=O) groups excluding carboxylic acids is 2. The zero-order valence-corrected chi connectivity index (χ0v) is 19.8. The molecule has 0 unspecified atom stereocenters. The number of benzene rings is 3. The zero-order chi connectivity index (χ0) is 24.1. The number of hydrogen-bond acceptors (Lipinski definition) is 3. The molecule has 0 radical (unpaired) electrons. The quantitative estimate of drug-likeness (QED) is 0.443. The van der Waals surface area contributed by atoms with Crippen LogP contribution in [0.4, 0.5) is 15.8 Å². The number of anilines is 2. The molecule has 0 bridgehead atoms. The van der Waals surface area contributed by atoms with Gasteiger partial charge in [-0.2, -0.15) is 0 Å². The number of halogens is 2. The van der Waals surface area contributed by atoms with E-state index in [1.807, 2.05) is 48.5 Å². The second-order valence-corrected chi connectivity index (χ2v) is 9.99. The van der Waals surface area contributed by atoms with Crippen molar-refractivity contribution in [2.45, 2.75) is 37.6 Å². The molecule has 35 heavy (non-hydrogen) atoms. The van der Waals surface area contributed by atoms with Crippen molar-refractivity contribution >= 4 is 34.7 Å². The van der Waals surface area contributed by atoms with Crippen LogP contribution in [0, 0.1) is 11.7 Å². The first kappa shape index (κ1) is 22.1. The van der Waals surface area contributed by atoms with Crippen molar-refractivity contribution in [3.8, 4) is 0 Å². The summed E-state index contributed by atoms with van der Waals surface area (Å²) in [5, 5.41) is 4.18. The lowest BCUT2D eigenvalue weighted by molar-refractivity contribution is -0.120. The van der Waals surface area contributed by atoms with Crippen molar-refractivity contribution in [1.82, 2.24) is 0 Å². The summed E-state index contributed by atoms with van der Waals surface area (Å²) >= 11 is 6.09. The number of para-hydroxylation sites is 2. The van der Waals surface area contributed by atoms with Gasteiger partial charge in [-0.25, -0.2) is 4.39 Å². The number of ketones is 1. The van der Waals surface area contributed by atoms with E-state index in [0.29, 0.717) is 23.4 Å². The molecule has 1 amide bonds. The van der Waals surface area contributed by atoms with Gasteiger partial charge in [0.2, 0.25) is 5.91 Å². The lowest BCUT2D eigenvalue weighted by Crippen LogP contribution is -2.39. The highest BCUT2D eigenvalue weighted by atomic mass is 35.5. The van der Waals surface area contributed by atoms with Gasteiger partial charge in [-0.15, -0.1) is 0 Å². The molecule has 0 aromatic heterocycles. The molecule has 1 N–H and O–H groups in total. The first-order chi connectivity index (χ1) is 17.0. The number of rotatable bonds is 3. The van der Waals surface area contributed by atoms with E-state index in [1.165, 1.54) is 12.1 Å². The van der Waals surface area contributed by atoms with Gasteiger partial charge in [-0.3, -0.25) is 14.5 Å². The maximum Gasteiger partial charge on any atom is 0.231 e. The predicted molar refractivity (Wildman–Crippen MR) is 135 cm³/mol. The third-order valence-corrected chi connectivity index (χ3v) is 7.43. The smallest absolute Gasteiger partial charge is 0.231 e. The average molecular weight is 487 g/mol. The summed E-state index contributed by atoms with van der Waals surface area (Å²) in [5.41, 5.74) is 4.72. The molecule has 3 aromatic carbocycles. The van der Waals surface area contributed by atoms with Gasteiger partial charge in [0.25, 0.3) is 0 Å². The Balaban J connectivity index is 1.53. The molecule has 1 saturated carbocycles. The first-order valence-corrected chi connectivity index (χ1v) is 12.3. The van der Waals surface area contributed by atoms with Crippen LogP contribution in [0.2, 0.25) is 5.02 Å². The Labute approximate surface area is 208 Å². The fourth-order valence-corrected chi connectivity index (χ4v) is 5.42. The molecule has 6 rings (SSSR count). The normalized spacial score (nSPS) is 21.7. The molecule has 0 saturated heterocycles. The summed E-state index contributed by atoms with van der Waals surface area (Å²) in [4.78, 5) is 29.3. The maximum absolute atomic E-state index is 13.9. The number of amides is 1. The lowest BCUT2D eigenvalue weighted by Gasteiger charge is -2.35. The molecule has 6 heteroatoms. The maximum atomic E-state index is 13.9. The molecule has 3 aliphatic rings. The Morgan fingerprint density at radius 1 is 0.914 bits per heavy atom. The standard InChI is InChI=1S/C29H24ClFN2O2/c30-21-11-7-17(8-12-21)20-15-24-27(26(34)16-20)28(18-9-13-22(31)14-10-18)33(29(35)19-5-6-19)25-4-2-1-3-23(25)32-24/h1-4,7-14,19-20,28,32H,5-6,15-16H2/t20-,28+/m0/s1. The van der Waals surface area contributed by atoms with Gasteiger partial charge in [0.15, 0.2) is 5.78 Å². The van der Waals surface area contributed by atoms with Crippen molar-refractivity contribution in [2.75, 3.05) is 10.2 Å². The van der Waals surface area contributed by atoms with E-state index in [4.69, 9.17) is 11.6 Å². The predicted octanol–water partition coefficient (Wildman–Crippen LogP) is 6.79. The minimum absolute atomic E-state index is 0.00210. The Bertz CT molecular complexity index is 1350. The van der Waals surface area contributed by atoms with Gasteiger partial charge in [0.1, 0.15) is 5.82 Å². The fraction of sp³-hybridized carbons (Fsp3) is 0.241. The van der Waals surface area contributed by atoms with Gasteiger partial charge in [0.05, 0.1) is 17.4 Å². The first-order valence-electron chi connectivity index (χ1n) is 12.0. The summed E-state index contributed by atoms with van der Waals surface area (Å²) in [6, 6.07) is 20.8. The highest BCUT2D eigenvalue weighted by Crippen LogP contribution is 2.49. The Kier molecular flexibility index (Phi) is 5.45. The highest BCUT2D eigenvalue weighted by Gasteiger charge is 2.44. The monoisotopic (exact) mass is 486 g/mol. The van der Waals surface area contributed by atoms with Crippen LogP contribution in [0.3, 0.4) is 0 Å². The second kappa shape index (κ2) is 8.65. The summed E-state index contributed by atoms with van der Waals surface area (Å²) in [6.07, 6.45) is 2.65. The lowest BCUT2D eigenvalue weighted by atomic mass is 9.78. The van der Waals surface area contributed by atoms with Gasteiger partial charge in [0, 0.05) is 28.6 Å². The molecule has 1 fully saturated rings. The van der Waals surface area contributed by atoms with Gasteiger partial charge in [-0.1, -0.05) is 48.0 Å². The van der Waals surface area contributed by atoms with Crippen LogP contribution < -0.4 is 10.2 Å². The van der Waals surface area contributed by atoms with Crippen molar-refractivity contribution in [3.05, 3.63) is 106 Å². The zero-order valence-electron chi connectivity index (χ0n) is 19.0. The highest BCUT2D eigenvalue weighted by molar-refractivity contribution is 6.30. The van der Waals surface area contributed by atoms with Crippen molar-refractivity contribution < 1.29 is 14.0 Å². The van der Waals surface area contributed by atoms with E-state index >= 15 is 0 Å². The topological polar surface area (TPSA) is 49.4 Å². The van der Waals surface area contributed by atoms with E-state index in [-0.39, 0.29) is 29.3 Å². The van der Waals surface area contributed by atoms with Crippen molar-refractivity contribution in [3.63, 3.8) is 0 Å². The molecule has 176 valence electrons. The van der Waals surface area contributed by atoms with Crippen LogP contribution in [0.5, 0.6) is 0 Å². The summed E-state index contributed by atoms with van der Waals surface area (Å²) in [5.74, 6) is -0.399. The third kappa shape index (κ3) is 4.04. The Morgan fingerprint density at radius 3 is 2.31 bits per heavy atom. The van der Waals surface area contributed by atoms with Gasteiger partial charge >= 0.3 is 0 Å². The number of hydrogen-bond donors (Lipinski definition) is 1. The SMILES string of the molecule is O=C1C[C@@H](c2ccc(Cl)cc2)CC2=C1[C@@H](c1ccc(F)cc1)N(C(=O)C1CC1)c1ccccc1N2. The number of Topliss-reactive ketones (excluding diaryl/α,β-unsaturated/α-hetero) is 1. The molecule has 3 aromatic rings. The van der Waals surface area contributed by atoms with Crippen molar-refractivity contribution in [2.24, 2.45) is 5.92 Å². The number of nitrogens with one attached hydrogen (secondary N) is 1. The number of allylic oxidation sites excluding steroid dienone is 1. The average Bonchev–Trinajstić information content (AvgIpc) is 3.71. The number of fused-ring (bicyclic) bond motifs is 1. The number of nitrogens with zero attached hydrogens (tertiary/aromatic N) is 1. The molecule has 1 heterocycles. The second-order valence-electron chi connectivity index (χ2n) is 9.55. The van der Waals surface area contributed by atoms with Crippen molar-refractivity contribution in [1.29, 1.82) is 0 Å².